The highest BCUT2D eigenvalue weighted by Gasteiger charge is 2.33. The molecule has 196 valence electrons. The van der Waals surface area contributed by atoms with Gasteiger partial charge in [-0.1, -0.05) is 78.4 Å². The van der Waals surface area contributed by atoms with Crippen LogP contribution in [-0.2, 0) is 16.0 Å². The standard InChI is InChI=1S/C28H24Cl2N2O4S2/c1-3-18-7-5-6-8-22(18)31-26(33)16-36-23-12-9-17(13-24(23)35-4-2)14-25-27(34)32(28(37)38-25)19-10-11-20(29)21(30)15-19/h5-15H,3-4,16H2,1-2H3,(H,31,33)/b25-14-. The van der Waals surface area contributed by atoms with Gasteiger partial charge in [-0.15, -0.1) is 0 Å². The van der Waals surface area contributed by atoms with Crippen LogP contribution < -0.4 is 19.7 Å². The van der Waals surface area contributed by atoms with Crippen LogP contribution in [0.2, 0.25) is 10.0 Å². The smallest absolute Gasteiger partial charge is 0.270 e. The van der Waals surface area contributed by atoms with Crippen molar-refractivity contribution in [1.82, 2.24) is 0 Å². The number of carbonyl (C=O) groups is 2. The van der Waals surface area contributed by atoms with Crippen LogP contribution in [0.1, 0.15) is 25.0 Å². The van der Waals surface area contributed by atoms with Crippen molar-refractivity contribution in [3.8, 4) is 11.5 Å². The summed E-state index contributed by atoms with van der Waals surface area (Å²) in [5.41, 5.74) is 3.08. The lowest BCUT2D eigenvalue weighted by Gasteiger charge is -2.15. The molecule has 0 bridgehead atoms. The number of nitrogens with zero attached hydrogens (tertiary/aromatic N) is 1. The third-order valence-corrected chi connectivity index (χ3v) is 7.59. The van der Waals surface area contributed by atoms with Crippen LogP contribution in [0.15, 0.2) is 65.6 Å². The Morgan fingerprint density at radius 1 is 1.03 bits per heavy atom. The lowest BCUT2D eigenvalue weighted by Crippen LogP contribution is -2.27. The predicted octanol–water partition coefficient (Wildman–Crippen LogP) is 7.38. The first-order valence-corrected chi connectivity index (χ1v) is 13.8. The summed E-state index contributed by atoms with van der Waals surface area (Å²) in [4.78, 5) is 27.5. The van der Waals surface area contributed by atoms with Crippen LogP contribution in [0.3, 0.4) is 0 Å². The number of hydrogen-bond donors (Lipinski definition) is 1. The summed E-state index contributed by atoms with van der Waals surface area (Å²) in [5, 5.41) is 3.62. The van der Waals surface area contributed by atoms with Gasteiger partial charge >= 0.3 is 0 Å². The Morgan fingerprint density at radius 2 is 1.82 bits per heavy atom. The van der Waals surface area contributed by atoms with Crippen molar-refractivity contribution in [2.24, 2.45) is 0 Å². The molecule has 0 aromatic heterocycles. The molecule has 0 atom stereocenters. The van der Waals surface area contributed by atoms with E-state index < -0.39 is 0 Å². The molecular weight excluding hydrogens is 563 g/mol. The average molecular weight is 588 g/mol. The maximum absolute atomic E-state index is 13.1. The molecule has 10 heteroatoms. The monoisotopic (exact) mass is 586 g/mol. The molecule has 0 aliphatic carbocycles. The average Bonchev–Trinajstić information content (AvgIpc) is 3.18. The molecule has 1 aliphatic rings. The third kappa shape index (κ3) is 6.50. The number of para-hydroxylation sites is 1. The largest absolute Gasteiger partial charge is 0.490 e. The Hall–Kier alpha value is -3.04. The molecule has 0 unspecified atom stereocenters. The van der Waals surface area contributed by atoms with Crippen LogP contribution in [0.25, 0.3) is 6.08 Å². The lowest BCUT2D eigenvalue weighted by molar-refractivity contribution is -0.118. The van der Waals surface area contributed by atoms with Gasteiger partial charge in [-0.05, 0) is 66.9 Å². The second kappa shape index (κ2) is 12.7. The fourth-order valence-electron chi connectivity index (χ4n) is 3.75. The number of carbonyl (C=O) groups excluding carboxylic acids is 2. The van der Waals surface area contributed by atoms with E-state index in [-0.39, 0.29) is 18.4 Å². The van der Waals surface area contributed by atoms with E-state index >= 15 is 0 Å². The van der Waals surface area contributed by atoms with Gasteiger partial charge in [-0.3, -0.25) is 14.5 Å². The Bertz CT molecular complexity index is 1430. The summed E-state index contributed by atoms with van der Waals surface area (Å²) in [6, 6.07) is 17.8. The molecular formula is C28H24Cl2N2O4S2. The van der Waals surface area contributed by atoms with Crippen LogP contribution in [0.5, 0.6) is 11.5 Å². The number of nitrogens with one attached hydrogen (secondary N) is 1. The fraction of sp³-hybridized carbons (Fsp3) is 0.179. The molecule has 1 fully saturated rings. The van der Waals surface area contributed by atoms with Crippen LogP contribution in [-0.4, -0.2) is 29.3 Å². The number of anilines is 2. The highest BCUT2D eigenvalue weighted by Crippen LogP contribution is 2.39. The van der Waals surface area contributed by atoms with Gasteiger partial charge in [-0.25, -0.2) is 0 Å². The molecule has 0 spiro atoms. The second-order valence-electron chi connectivity index (χ2n) is 8.10. The highest BCUT2D eigenvalue weighted by atomic mass is 35.5. The summed E-state index contributed by atoms with van der Waals surface area (Å²) in [6.45, 7) is 4.10. The number of amides is 2. The number of thiocarbonyl (C=S) groups is 1. The minimum atomic E-state index is -0.275. The minimum Gasteiger partial charge on any atom is -0.490 e. The lowest BCUT2D eigenvalue weighted by atomic mass is 10.1. The molecule has 38 heavy (non-hydrogen) atoms. The Labute approximate surface area is 240 Å². The van der Waals surface area contributed by atoms with E-state index in [9.17, 15) is 9.59 Å². The van der Waals surface area contributed by atoms with Crippen molar-refractivity contribution in [2.45, 2.75) is 20.3 Å². The van der Waals surface area contributed by atoms with Gasteiger partial charge in [0.2, 0.25) is 0 Å². The van der Waals surface area contributed by atoms with E-state index in [0.717, 1.165) is 23.2 Å². The van der Waals surface area contributed by atoms with Crippen molar-refractivity contribution in [1.29, 1.82) is 0 Å². The van der Waals surface area contributed by atoms with Gasteiger partial charge in [-0.2, -0.15) is 0 Å². The summed E-state index contributed by atoms with van der Waals surface area (Å²) in [5.74, 6) is 0.346. The molecule has 1 aliphatic heterocycles. The van der Waals surface area contributed by atoms with Gasteiger partial charge in [0.25, 0.3) is 11.8 Å². The molecule has 4 rings (SSSR count). The summed E-state index contributed by atoms with van der Waals surface area (Å²) < 4.78 is 11.9. The van der Waals surface area contributed by atoms with E-state index in [4.69, 9.17) is 44.9 Å². The second-order valence-corrected chi connectivity index (χ2v) is 10.6. The SMILES string of the molecule is CCOc1cc(/C=C2\SC(=S)N(c3ccc(Cl)c(Cl)c3)C2=O)ccc1OCC(=O)Nc1ccccc1CC. The van der Waals surface area contributed by atoms with Crippen LogP contribution >= 0.6 is 47.2 Å². The van der Waals surface area contributed by atoms with E-state index in [1.165, 1.54) is 16.7 Å². The van der Waals surface area contributed by atoms with Crippen molar-refractivity contribution in [3.63, 3.8) is 0 Å². The molecule has 3 aromatic rings. The van der Waals surface area contributed by atoms with E-state index in [1.807, 2.05) is 38.1 Å². The topological polar surface area (TPSA) is 67.9 Å². The maximum Gasteiger partial charge on any atom is 0.270 e. The van der Waals surface area contributed by atoms with Crippen molar-refractivity contribution < 1.29 is 19.1 Å². The molecule has 6 nitrogen and oxygen atoms in total. The van der Waals surface area contributed by atoms with Gasteiger partial charge in [0.15, 0.2) is 22.4 Å². The number of ether oxygens (including phenoxy) is 2. The quantitative estimate of drug-likeness (QED) is 0.208. The zero-order chi connectivity index (χ0) is 27.2. The maximum atomic E-state index is 13.1. The molecule has 1 heterocycles. The zero-order valence-electron chi connectivity index (χ0n) is 20.6. The highest BCUT2D eigenvalue weighted by molar-refractivity contribution is 8.27. The first-order valence-electron chi connectivity index (χ1n) is 11.8. The van der Waals surface area contributed by atoms with Gasteiger partial charge in [0, 0.05) is 5.69 Å². The van der Waals surface area contributed by atoms with Gasteiger partial charge < -0.3 is 14.8 Å². The molecule has 1 N–H and O–H groups in total. The zero-order valence-corrected chi connectivity index (χ0v) is 23.8. The normalized spacial score (nSPS) is 14.2. The molecule has 0 radical (unpaired) electrons. The number of benzene rings is 3. The predicted molar refractivity (Wildman–Crippen MR) is 160 cm³/mol. The Kier molecular flexibility index (Phi) is 9.33. The minimum absolute atomic E-state index is 0.181. The number of thioether (sulfide) groups is 1. The summed E-state index contributed by atoms with van der Waals surface area (Å²) >= 11 is 18.8. The van der Waals surface area contributed by atoms with Crippen LogP contribution in [0.4, 0.5) is 11.4 Å². The van der Waals surface area contributed by atoms with Crippen LogP contribution in [0, 0.1) is 0 Å². The Balaban J connectivity index is 1.48. The van der Waals surface area contributed by atoms with E-state index in [1.54, 1.807) is 42.5 Å². The molecule has 1 saturated heterocycles. The first-order chi connectivity index (χ1) is 18.3. The first kappa shape index (κ1) is 28.0. The summed E-state index contributed by atoms with van der Waals surface area (Å²) in [7, 11) is 0. The van der Waals surface area contributed by atoms with E-state index in [2.05, 4.69) is 5.32 Å². The summed E-state index contributed by atoms with van der Waals surface area (Å²) in [6.07, 6.45) is 2.54. The number of halogens is 2. The number of hydrogen-bond acceptors (Lipinski definition) is 6. The molecule has 0 saturated carbocycles. The number of rotatable bonds is 9. The Morgan fingerprint density at radius 3 is 2.55 bits per heavy atom. The van der Waals surface area contributed by atoms with Crippen molar-refractivity contribution in [2.75, 3.05) is 23.4 Å². The number of aryl methyl sites for hydroxylation is 1. The van der Waals surface area contributed by atoms with Gasteiger partial charge in [0.05, 0.1) is 27.2 Å². The van der Waals surface area contributed by atoms with Crippen molar-refractivity contribution >= 4 is 80.8 Å². The van der Waals surface area contributed by atoms with Crippen molar-refractivity contribution in [3.05, 3.63) is 86.7 Å². The molecule has 2 amide bonds. The third-order valence-electron chi connectivity index (χ3n) is 5.55. The fourth-order valence-corrected chi connectivity index (χ4v) is 5.34. The van der Waals surface area contributed by atoms with Gasteiger partial charge in [0.1, 0.15) is 0 Å². The van der Waals surface area contributed by atoms with E-state index in [0.29, 0.717) is 43.1 Å². The molecule has 3 aromatic carbocycles.